The normalized spacial score (nSPS) is 21.6. The highest BCUT2D eigenvalue weighted by Gasteiger charge is 2.38. The van der Waals surface area contributed by atoms with Gasteiger partial charge in [0.25, 0.3) is 0 Å². The van der Waals surface area contributed by atoms with Crippen molar-refractivity contribution in [1.82, 2.24) is 0 Å². The molecule has 0 unspecified atom stereocenters. The fourth-order valence-corrected chi connectivity index (χ4v) is 3.42. The highest BCUT2D eigenvalue weighted by atomic mass is 16.4. The zero-order valence-corrected chi connectivity index (χ0v) is 12.0. The SMILES string of the molecule is C[C@@H](C1CCCCC1)[C@](C)(CCC(=O)O)CC(=O)O. The van der Waals surface area contributed by atoms with E-state index >= 15 is 0 Å². The zero-order valence-electron chi connectivity index (χ0n) is 12.0. The Hall–Kier alpha value is -1.06. The van der Waals surface area contributed by atoms with Crippen molar-refractivity contribution >= 4 is 11.9 Å². The summed E-state index contributed by atoms with van der Waals surface area (Å²) in [6, 6.07) is 0. The van der Waals surface area contributed by atoms with Crippen molar-refractivity contribution in [2.24, 2.45) is 17.3 Å². The van der Waals surface area contributed by atoms with Crippen LogP contribution in [0, 0.1) is 17.3 Å². The van der Waals surface area contributed by atoms with Crippen LogP contribution >= 0.6 is 0 Å². The Kier molecular flexibility index (Phi) is 5.83. The third-order valence-electron chi connectivity index (χ3n) is 4.92. The van der Waals surface area contributed by atoms with Crippen LogP contribution in [0.25, 0.3) is 0 Å². The van der Waals surface area contributed by atoms with Crippen molar-refractivity contribution in [1.29, 1.82) is 0 Å². The Labute approximate surface area is 115 Å². The summed E-state index contributed by atoms with van der Waals surface area (Å²) in [5.74, 6) is -0.849. The molecule has 4 nitrogen and oxygen atoms in total. The predicted molar refractivity (Wildman–Crippen MR) is 73.0 cm³/mol. The second-order valence-electron chi connectivity index (χ2n) is 6.31. The fraction of sp³-hybridized carbons (Fsp3) is 0.867. The number of hydrogen-bond donors (Lipinski definition) is 2. The summed E-state index contributed by atoms with van der Waals surface area (Å²) in [4.78, 5) is 21.9. The van der Waals surface area contributed by atoms with Crippen LogP contribution in [0.2, 0.25) is 0 Å². The van der Waals surface area contributed by atoms with Gasteiger partial charge in [-0.3, -0.25) is 9.59 Å². The molecule has 0 bridgehead atoms. The van der Waals surface area contributed by atoms with Gasteiger partial charge in [-0.25, -0.2) is 0 Å². The van der Waals surface area contributed by atoms with Gasteiger partial charge in [0.1, 0.15) is 0 Å². The van der Waals surface area contributed by atoms with Gasteiger partial charge in [0.2, 0.25) is 0 Å². The first-order chi connectivity index (χ1) is 8.85. The van der Waals surface area contributed by atoms with E-state index in [-0.39, 0.29) is 18.8 Å². The summed E-state index contributed by atoms with van der Waals surface area (Å²) >= 11 is 0. The Morgan fingerprint density at radius 1 is 1.16 bits per heavy atom. The number of carbonyl (C=O) groups is 2. The van der Waals surface area contributed by atoms with E-state index in [0.29, 0.717) is 12.3 Å². The molecule has 0 radical (unpaired) electrons. The maximum absolute atomic E-state index is 11.1. The van der Waals surface area contributed by atoms with E-state index in [1.54, 1.807) is 0 Å². The molecule has 0 aliphatic heterocycles. The smallest absolute Gasteiger partial charge is 0.303 e. The lowest BCUT2D eigenvalue weighted by atomic mass is 9.64. The molecule has 1 aliphatic carbocycles. The Morgan fingerprint density at radius 2 is 1.74 bits per heavy atom. The quantitative estimate of drug-likeness (QED) is 0.742. The second-order valence-corrected chi connectivity index (χ2v) is 6.31. The zero-order chi connectivity index (χ0) is 14.5. The van der Waals surface area contributed by atoms with Crippen molar-refractivity contribution in [3.8, 4) is 0 Å². The first-order valence-electron chi connectivity index (χ1n) is 7.29. The summed E-state index contributed by atoms with van der Waals surface area (Å²) in [5, 5.41) is 18.0. The molecule has 1 rings (SSSR count). The molecular weight excluding hydrogens is 244 g/mol. The van der Waals surface area contributed by atoms with Crippen molar-refractivity contribution in [3.63, 3.8) is 0 Å². The molecule has 0 heterocycles. The molecule has 0 aromatic rings. The van der Waals surface area contributed by atoms with Gasteiger partial charge < -0.3 is 10.2 Å². The van der Waals surface area contributed by atoms with E-state index in [1.807, 2.05) is 6.92 Å². The lowest BCUT2D eigenvalue weighted by molar-refractivity contribution is -0.143. The van der Waals surface area contributed by atoms with Gasteiger partial charge in [-0.2, -0.15) is 0 Å². The van der Waals surface area contributed by atoms with Crippen LogP contribution in [0.5, 0.6) is 0 Å². The van der Waals surface area contributed by atoms with E-state index in [1.165, 1.54) is 19.3 Å². The summed E-state index contributed by atoms with van der Waals surface area (Å²) in [6.45, 7) is 4.06. The summed E-state index contributed by atoms with van der Waals surface area (Å²) in [6.07, 6.45) is 6.60. The fourth-order valence-electron chi connectivity index (χ4n) is 3.42. The van der Waals surface area contributed by atoms with Crippen molar-refractivity contribution in [2.45, 2.75) is 65.2 Å². The topological polar surface area (TPSA) is 74.6 Å². The first-order valence-corrected chi connectivity index (χ1v) is 7.29. The van der Waals surface area contributed by atoms with E-state index in [0.717, 1.165) is 12.8 Å². The Bertz CT molecular complexity index is 320. The highest BCUT2D eigenvalue weighted by molar-refractivity contribution is 5.69. The Balaban J connectivity index is 2.74. The van der Waals surface area contributed by atoms with E-state index < -0.39 is 17.4 Å². The van der Waals surface area contributed by atoms with Crippen molar-refractivity contribution in [3.05, 3.63) is 0 Å². The molecule has 1 fully saturated rings. The standard InChI is InChI=1S/C15H26O4/c1-11(12-6-4-3-5-7-12)15(2,10-14(18)19)9-8-13(16)17/h11-12H,3-10H2,1-2H3,(H,16,17)(H,18,19)/t11-,15+/m0/s1. The molecule has 0 saturated heterocycles. The van der Waals surface area contributed by atoms with Crippen molar-refractivity contribution in [2.75, 3.05) is 0 Å². The summed E-state index contributed by atoms with van der Waals surface area (Å²) in [7, 11) is 0. The molecule has 0 amide bonds. The van der Waals surface area contributed by atoms with Gasteiger partial charge in [-0.1, -0.05) is 46.0 Å². The van der Waals surface area contributed by atoms with Crippen LogP contribution in [0.4, 0.5) is 0 Å². The minimum atomic E-state index is -0.840. The average Bonchev–Trinajstić information content (AvgIpc) is 2.36. The van der Waals surface area contributed by atoms with Gasteiger partial charge >= 0.3 is 11.9 Å². The molecule has 1 saturated carbocycles. The van der Waals surface area contributed by atoms with E-state index in [9.17, 15) is 9.59 Å². The molecule has 2 atom stereocenters. The van der Waals surface area contributed by atoms with Gasteiger partial charge in [0, 0.05) is 6.42 Å². The monoisotopic (exact) mass is 270 g/mol. The first kappa shape index (κ1) is 16.0. The molecule has 0 aromatic carbocycles. The minimum absolute atomic E-state index is 0.0564. The largest absolute Gasteiger partial charge is 0.481 e. The van der Waals surface area contributed by atoms with Gasteiger partial charge in [-0.05, 0) is 23.7 Å². The number of aliphatic carboxylic acids is 2. The van der Waals surface area contributed by atoms with E-state index in [4.69, 9.17) is 10.2 Å². The molecule has 0 aromatic heterocycles. The van der Waals surface area contributed by atoms with E-state index in [2.05, 4.69) is 6.92 Å². The molecule has 4 heteroatoms. The van der Waals surface area contributed by atoms with Gasteiger partial charge in [-0.15, -0.1) is 0 Å². The molecule has 2 N–H and O–H groups in total. The third kappa shape index (κ3) is 4.84. The summed E-state index contributed by atoms with van der Waals surface area (Å²) in [5.41, 5.74) is -0.410. The average molecular weight is 270 g/mol. The maximum Gasteiger partial charge on any atom is 0.303 e. The van der Waals surface area contributed by atoms with Crippen LogP contribution in [-0.4, -0.2) is 22.2 Å². The third-order valence-corrected chi connectivity index (χ3v) is 4.92. The van der Waals surface area contributed by atoms with Gasteiger partial charge in [0.05, 0.1) is 6.42 Å². The highest BCUT2D eigenvalue weighted by Crippen LogP contribution is 2.44. The molecule has 110 valence electrons. The molecule has 19 heavy (non-hydrogen) atoms. The Morgan fingerprint density at radius 3 is 2.21 bits per heavy atom. The molecule has 0 spiro atoms. The van der Waals surface area contributed by atoms with Crippen LogP contribution < -0.4 is 0 Å². The second kappa shape index (κ2) is 6.92. The lowest BCUT2D eigenvalue weighted by Gasteiger charge is -2.40. The molecule has 1 aliphatic rings. The van der Waals surface area contributed by atoms with Gasteiger partial charge in [0.15, 0.2) is 0 Å². The summed E-state index contributed by atoms with van der Waals surface area (Å²) < 4.78 is 0. The number of rotatable bonds is 7. The van der Waals surface area contributed by atoms with Crippen LogP contribution in [0.15, 0.2) is 0 Å². The number of hydrogen-bond acceptors (Lipinski definition) is 2. The minimum Gasteiger partial charge on any atom is -0.481 e. The lowest BCUT2D eigenvalue weighted by Crippen LogP contribution is -2.35. The van der Waals surface area contributed by atoms with Crippen molar-refractivity contribution < 1.29 is 19.8 Å². The predicted octanol–water partition coefficient (Wildman–Crippen LogP) is 3.55. The van der Waals surface area contributed by atoms with Crippen LogP contribution in [0.3, 0.4) is 0 Å². The van der Waals surface area contributed by atoms with Crippen LogP contribution in [-0.2, 0) is 9.59 Å². The number of carboxylic acids is 2. The number of carboxylic acid groups (broad SMARTS) is 2. The van der Waals surface area contributed by atoms with Crippen LogP contribution in [0.1, 0.15) is 65.2 Å². The maximum atomic E-state index is 11.1. The molecular formula is C15H26O4.